The molecule has 0 saturated heterocycles. The normalized spacial score (nSPS) is 12.9. The zero-order valence-electron chi connectivity index (χ0n) is 23.0. The molecule has 1 N–H and O–H groups in total. The fourth-order valence-corrected chi connectivity index (χ4v) is 7.37. The van der Waals surface area contributed by atoms with Crippen LogP contribution in [0, 0.1) is 13.8 Å². The van der Waals surface area contributed by atoms with E-state index in [0.717, 1.165) is 68.8 Å². The number of rotatable bonds is 9. The van der Waals surface area contributed by atoms with Crippen molar-refractivity contribution in [2.45, 2.75) is 53.1 Å². The van der Waals surface area contributed by atoms with Crippen LogP contribution < -0.4 is 14.9 Å². The monoisotopic (exact) mass is 673 g/mol. The van der Waals surface area contributed by atoms with Gasteiger partial charge in [-0.15, -0.1) is 11.3 Å². The zero-order chi connectivity index (χ0) is 29.1. The largest absolute Gasteiger partial charge is 0.490 e. The van der Waals surface area contributed by atoms with E-state index in [2.05, 4.69) is 57.0 Å². The first kappa shape index (κ1) is 29.7. The molecule has 2 aromatic carbocycles. The number of aromatic nitrogens is 1. The van der Waals surface area contributed by atoms with Gasteiger partial charge in [0.25, 0.3) is 5.91 Å². The number of nitrogens with zero attached hydrogens (tertiary/aromatic N) is 2. The van der Waals surface area contributed by atoms with Gasteiger partial charge in [-0.05, 0) is 104 Å². The quantitative estimate of drug-likeness (QED) is 0.143. The van der Waals surface area contributed by atoms with E-state index < -0.39 is 0 Å². The molecule has 214 valence electrons. The van der Waals surface area contributed by atoms with Gasteiger partial charge in [0.1, 0.15) is 11.6 Å². The van der Waals surface area contributed by atoms with Gasteiger partial charge >= 0.3 is 0 Å². The average Bonchev–Trinajstić information content (AvgIpc) is 3.48. The van der Waals surface area contributed by atoms with Crippen LogP contribution in [0.3, 0.4) is 0 Å². The molecule has 1 amide bonds. The minimum absolute atomic E-state index is 0.205. The van der Waals surface area contributed by atoms with E-state index in [-0.39, 0.29) is 12.5 Å². The number of thiophene rings is 1. The topological polar surface area (TPSA) is 64.8 Å². The molecule has 0 unspecified atom stereocenters. The summed E-state index contributed by atoms with van der Waals surface area (Å²) >= 11 is 17.6. The highest BCUT2D eigenvalue weighted by Gasteiger charge is 2.27. The van der Waals surface area contributed by atoms with Crippen LogP contribution in [0.2, 0.25) is 10.0 Å². The van der Waals surface area contributed by atoms with E-state index >= 15 is 0 Å². The summed E-state index contributed by atoms with van der Waals surface area (Å²) < 4.78 is 14.8. The third-order valence-electron chi connectivity index (χ3n) is 6.98. The Balaban J connectivity index is 1.37. The second-order valence-electron chi connectivity index (χ2n) is 9.82. The highest BCUT2D eigenvalue weighted by molar-refractivity contribution is 9.10. The third-order valence-corrected chi connectivity index (χ3v) is 9.54. The first-order valence-corrected chi connectivity index (χ1v) is 15.8. The van der Waals surface area contributed by atoms with Gasteiger partial charge in [0.15, 0.2) is 11.5 Å². The molecule has 0 atom stereocenters. The summed E-state index contributed by atoms with van der Waals surface area (Å²) in [5.41, 5.74) is 8.40. The van der Waals surface area contributed by atoms with Gasteiger partial charge in [0, 0.05) is 41.9 Å². The molecule has 2 aromatic heterocycles. The SMILES string of the molecule is CCOc1cc(/C=N\NC(=O)c2c(-n3c(C)ccc3C)sc3c2CCCC3)c(Br)cc1OCc1ccc(Cl)cc1Cl. The lowest BCUT2D eigenvalue weighted by Crippen LogP contribution is -2.21. The minimum atomic E-state index is -0.205. The molecule has 5 rings (SSSR count). The van der Waals surface area contributed by atoms with Crippen molar-refractivity contribution in [2.24, 2.45) is 5.10 Å². The lowest BCUT2D eigenvalue weighted by molar-refractivity contribution is 0.0954. The Labute approximate surface area is 262 Å². The van der Waals surface area contributed by atoms with Crippen molar-refractivity contribution in [1.82, 2.24) is 9.99 Å². The van der Waals surface area contributed by atoms with E-state index in [1.807, 2.05) is 25.1 Å². The number of aryl methyl sites for hydroxylation is 3. The highest BCUT2D eigenvalue weighted by Crippen LogP contribution is 2.38. The molecule has 0 saturated carbocycles. The van der Waals surface area contributed by atoms with Crippen LogP contribution >= 0.6 is 50.5 Å². The number of hydrogen-bond acceptors (Lipinski definition) is 5. The van der Waals surface area contributed by atoms with Crippen molar-refractivity contribution in [3.8, 4) is 16.5 Å². The third kappa shape index (κ3) is 6.51. The van der Waals surface area contributed by atoms with Crippen molar-refractivity contribution < 1.29 is 14.3 Å². The number of carbonyl (C=O) groups excluding carboxylic acids is 1. The molecule has 0 bridgehead atoms. The molecule has 0 spiro atoms. The van der Waals surface area contributed by atoms with Crippen LogP contribution in [0.5, 0.6) is 11.5 Å². The van der Waals surface area contributed by atoms with Gasteiger partial charge in [-0.1, -0.05) is 29.3 Å². The first-order valence-electron chi connectivity index (χ1n) is 13.4. The summed E-state index contributed by atoms with van der Waals surface area (Å²) in [4.78, 5) is 14.9. The Morgan fingerprint density at radius 1 is 1.07 bits per heavy atom. The van der Waals surface area contributed by atoms with Crippen molar-refractivity contribution in [3.05, 3.63) is 95.5 Å². The number of nitrogens with one attached hydrogen (secondary N) is 1. The number of hydrazone groups is 1. The van der Waals surface area contributed by atoms with Gasteiger partial charge < -0.3 is 14.0 Å². The molecule has 41 heavy (non-hydrogen) atoms. The van der Waals surface area contributed by atoms with Crippen LogP contribution in [-0.4, -0.2) is 23.3 Å². The smallest absolute Gasteiger partial charge is 0.274 e. The average molecular weight is 675 g/mol. The van der Waals surface area contributed by atoms with Crippen LogP contribution in [0.4, 0.5) is 0 Å². The summed E-state index contributed by atoms with van der Waals surface area (Å²) in [6.45, 7) is 6.74. The molecule has 1 aliphatic carbocycles. The summed E-state index contributed by atoms with van der Waals surface area (Å²) in [5.74, 6) is 0.906. The Morgan fingerprint density at radius 3 is 2.54 bits per heavy atom. The lowest BCUT2D eigenvalue weighted by Gasteiger charge is -2.15. The maximum Gasteiger partial charge on any atom is 0.274 e. The standard InChI is InChI=1S/C31H30BrCl2N3O3S/c1-4-39-26-13-21(24(32)15-27(26)40-17-20-11-12-22(33)14-25(20)34)16-35-36-30(38)29-23-7-5-6-8-28(23)41-31(29)37-18(2)9-10-19(37)3/h9-16H,4-8,17H2,1-3H3,(H,36,38)/b35-16-. The van der Waals surface area contributed by atoms with Crippen LogP contribution in [0.15, 0.2) is 52.0 Å². The maximum atomic E-state index is 13.6. The van der Waals surface area contributed by atoms with Gasteiger partial charge in [-0.3, -0.25) is 4.79 Å². The van der Waals surface area contributed by atoms with Crippen molar-refractivity contribution in [3.63, 3.8) is 0 Å². The fraction of sp³-hybridized carbons (Fsp3) is 0.290. The molecule has 10 heteroatoms. The molecule has 0 radical (unpaired) electrons. The molecule has 6 nitrogen and oxygen atoms in total. The number of carbonyl (C=O) groups is 1. The Hall–Kier alpha value is -2.78. The van der Waals surface area contributed by atoms with E-state index in [9.17, 15) is 4.79 Å². The molecule has 0 fully saturated rings. The summed E-state index contributed by atoms with van der Waals surface area (Å²) in [7, 11) is 0. The predicted octanol–water partition coefficient (Wildman–Crippen LogP) is 8.85. The number of amides is 1. The highest BCUT2D eigenvalue weighted by atomic mass is 79.9. The van der Waals surface area contributed by atoms with Crippen molar-refractivity contribution in [2.75, 3.05) is 6.61 Å². The van der Waals surface area contributed by atoms with E-state index in [1.165, 1.54) is 4.88 Å². The van der Waals surface area contributed by atoms with E-state index in [4.69, 9.17) is 32.7 Å². The van der Waals surface area contributed by atoms with Gasteiger partial charge in [-0.2, -0.15) is 5.10 Å². The molecule has 0 aliphatic heterocycles. The second kappa shape index (κ2) is 13.0. The van der Waals surface area contributed by atoms with Crippen LogP contribution in [-0.2, 0) is 19.4 Å². The number of fused-ring (bicyclic) bond motifs is 1. The fourth-order valence-electron chi connectivity index (χ4n) is 4.97. The number of halogens is 3. The summed E-state index contributed by atoms with van der Waals surface area (Å²) in [6.07, 6.45) is 5.76. The summed E-state index contributed by atoms with van der Waals surface area (Å²) in [6, 6.07) is 13.1. The predicted molar refractivity (Wildman–Crippen MR) is 171 cm³/mol. The second-order valence-corrected chi connectivity index (χ2v) is 12.6. The molecule has 4 aromatic rings. The summed E-state index contributed by atoms with van der Waals surface area (Å²) in [5, 5.41) is 6.40. The van der Waals surface area contributed by atoms with Gasteiger partial charge in [-0.25, -0.2) is 5.43 Å². The molecule has 2 heterocycles. The molecular weight excluding hydrogens is 645 g/mol. The van der Waals surface area contributed by atoms with Crippen LogP contribution in [0.25, 0.3) is 5.00 Å². The Morgan fingerprint density at radius 2 is 1.80 bits per heavy atom. The van der Waals surface area contributed by atoms with E-state index in [1.54, 1.807) is 29.7 Å². The zero-order valence-corrected chi connectivity index (χ0v) is 26.9. The maximum absolute atomic E-state index is 13.6. The van der Waals surface area contributed by atoms with Crippen LogP contribution in [0.1, 0.15) is 63.1 Å². The van der Waals surface area contributed by atoms with Gasteiger partial charge in [0.05, 0.1) is 18.4 Å². The molecule has 1 aliphatic rings. The first-order chi connectivity index (χ1) is 19.8. The number of ether oxygens (including phenoxy) is 2. The molecular formula is C31H30BrCl2N3O3S. The number of benzene rings is 2. The number of hydrogen-bond donors (Lipinski definition) is 1. The van der Waals surface area contributed by atoms with Crippen molar-refractivity contribution >= 4 is 62.6 Å². The Kier molecular flexibility index (Phi) is 9.44. The van der Waals surface area contributed by atoms with Gasteiger partial charge in [0.2, 0.25) is 0 Å². The van der Waals surface area contributed by atoms with Crippen molar-refractivity contribution in [1.29, 1.82) is 0 Å². The minimum Gasteiger partial charge on any atom is -0.490 e. The Bertz CT molecular complexity index is 1610. The van der Waals surface area contributed by atoms with E-state index in [0.29, 0.717) is 28.2 Å². The lowest BCUT2D eigenvalue weighted by atomic mass is 9.95.